The number of nitrogens with zero attached hydrogens (tertiary/aromatic N) is 3. The van der Waals surface area contributed by atoms with Gasteiger partial charge in [0.25, 0.3) is 0 Å². The van der Waals surface area contributed by atoms with Crippen LogP contribution in [0.2, 0.25) is 0 Å². The summed E-state index contributed by atoms with van der Waals surface area (Å²) in [5.41, 5.74) is 2.12. The highest BCUT2D eigenvalue weighted by atomic mass is 15.5. The summed E-state index contributed by atoms with van der Waals surface area (Å²) in [5, 5.41) is 11.8. The lowest BCUT2D eigenvalue weighted by Gasteiger charge is -2.22. The second-order valence-electron chi connectivity index (χ2n) is 4.77. The lowest BCUT2D eigenvalue weighted by atomic mass is 10.0. The monoisotopic (exact) mass is 244 g/mol. The quantitative estimate of drug-likeness (QED) is 0.878. The van der Waals surface area contributed by atoms with Gasteiger partial charge in [-0.05, 0) is 36.6 Å². The summed E-state index contributed by atoms with van der Waals surface area (Å²) in [6.07, 6.45) is 4.48. The Morgan fingerprint density at radius 1 is 1.11 bits per heavy atom. The van der Waals surface area contributed by atoms with Gasteiger partial charge in [0.2, 0.25) is 0 Å². The SMILES string of the molecule is CCC(Nc1ccc(-n2nccn2)cc1)C(C)C. The molecule has 0 aliphatic carbocycles. The predicted molar refractivity (Wildman–Crippen MR) is 73.9 cm³/mol. The fraction of sp³-hybridized carbons (Fsp3) is 0.429. The van der Waals surface area contributed by atoms with E-state index in [0.717, 1.165) is 17.8 Å². The third-order valence-electron chi connectivity index (χ3n) is 3.11. The molecule has 4 nitrogen and oxygen atoms in total. The summed E-state index contributed by atoms with van der Waals surface area (Å²) >= 11 is 0. The van der Waals surface area contributed by atoms with E-state index in [1.165, 1.54) is 0 Å². The zero-order valence-electron chi connectivity index (χ0n) is 11.2. The zero-order valence-corrected chi connectivity index (χ0v) is 11.2. The van der Waals surface area contributed by atoms with Gasteiger partial charge in [-0.25, -0.2) is 0 Å². The number of hydrogen-bond acceptors (Lipinski definition) is 3. The molecule has 0 aliphatic rings. The Bertz CT molecular complexity index is 459. The predicted octanol–water partition coefficient (Wildman–Crippen LogP) is 3.11. The van der Waals surface area contributed by atoms with E-state index in [0.29, 0.717) is 12.0 Å². The van der Waals surface area contributed by atoms with Gasteiger partial charge >= 0.3 is 0 Å². The minimum absolute atomic E-state index is 0.513. The highest BCUT2D eigenvalue weighted by molar-refractivity contribution is 5.48. The van der Waals surface area contributed by atoms with Crippen LogP contribution in [0.3, 0.4) is 0 Å². The molecule has 0 amide bonds. The minimum atomic E-state index is 0.513. The van der Waals surface area contributed by atoms with Crippen molar-refractivity contribution in [1.82, 2.24) is 15.0 Å². The lowest BCUT2D eigenvalue weighted by molar-refractivity contribution is 0.511. The molecule has 2 rings (SSSR count). The first-order valence-electron chi connectivity index (χ1n) is 6.44. The molecule has 0 saturated heterocycles. The van der Waals surface area contributed by atoms with Gasteiger partial charge in [-0.1, -0.05) is 20.8 Å². The molecular formula is C14H20N4. The molecule has 2 aromatic rings. The summed E-state index contributed by atoms with van der Waals surface area (Å²) < 4.78 is 0. The Morgan fingerprint density at radius 2 is 1.72 bits per heavy atom. The van der Waals surface area contributed by atoms with Gasteiger partial charge in [0.05, 0.1) is 18.1 Å². The first-order chi connectivity index (χ1) is 8.70. The van der Waals surface area contributed by atoms with Gasteiger partial charge in [0, 0.05) is 11.7 Å². The molecule has 0 saturated carbocycles. The molecule has 0 aliphatic heterocycles. The topological polar surface area (TPSA) is 42.7 Å². The largest absolute Gasteiger partial charge is 0.382 e. The van der Waals surface area contributed by atoms with E-state index in [9.17, 15) is 0 Å². The molecule has 1 aromatic carbocycles. The van der Waals surface area contributed by atoms with Crippen LogP contribution in [-0.4, -0.2) is 21.0 Å². The number of hydrogen-bond donors (Lipinski definition) is 1. The molecule has 1 N–H and O–H groups in total. The van der Waals surface area contributed by atoms with Crippen molar-refractivity contribution in [2.45, 2.75) is 33.2 Å². The van der Waals surface area contributed by atoms with Crippen molar-refractivity contribution in [3.8, 4) is 5.69 Å². The van der Waals surface area contributed by atoms with Crippen molar-refractivity contribution in [3.63, 3.8) is 0 Å². The van der Waals surface area contributed by atoms with Gasteiger partial charge < -0.3 is 5.32 Å². The first kappa shape index (κ1) is 12.6. The van der Waals surface area contributed by atoms with E-state index in [1.807, 2.05) is 12.1 Å². The molecule has 1 aromatic heterocycles. The van der Waals surface area contributed by atoms with E-state index >= 15 is 0 Å². The van der Waals surface area contributed by atoms with Crippen molar-refractivity contribution in [2.75, 3.05) is 5.32 Å². The van der Waals surface area contributed by atoms with Crippen LogP contribution < -0.4 is 5.32 Å². The van der Waals surface area contributed by atoms with Crippen LogP contribution in [0.15, 0.2) is 36.7 Å². The molecule has 1 unspecified atom stereocenters. The molecular weight excluding hydrogens is 224 g/mol. The van der Waals surface area contributed by atoms with Crippen LogP contribution in [0.4, 0.5) is 5.69 Å². The normalized spacial score (nSPS) is 12.7. The molecule has 0 fully saturated rings. The third kappa shape index (κ3) is 2.88. The summed E-state index contributed by atoms with van der Waals surface area (Å²) in [7, 11) is 0. The van der Waals surface area contributed by atoms with Crippen molar-refractivity contribution in [1.29, 1.82) is 0 Å². The maximum Gasteiger partial charge on any atom is 0.0858 e. The summed E-state index contributed by atoms with van der Waals surface area (Å²) in [5.74, 6) is 0.627. The van der Waals surface area contributed by atoms with E-state index in [1.54, 1.807) is 17.2 Å². The van der Waals surface area contributed by atoms with Gasteiger partial charge in [-0.15, -0.1) is 0 Å². The number of nitrogens with one attached hydrogen (secondary N) is 1. The Labute approximate surface area is 108 Å². The fourth-order valence-corrected chi connectivity index (χ4v) is 1.99. The minimum Gasteiger partial charge on any atom is -0.382 e. The van der Waals surface area contributed by atoms with Crippen molar-refractivity contribution < 1.29 is 0 Å². The second kappa shape index (κ2) is 5.67. The molecule has 4 heteroatoms. The Morgan fingerprint density at radius 3 is 2.22 bits per heavy atom. The van der Waals surface area contributed by atoms with E-state index in [-0.39, 0.29) is 0 Å². The van der Waals surface area contributed by atoms with E-state index < -0.39 is 0 Å². The van der Waals surface area contributed by atoms with E-state index in [4.69, 9.17) is 0 Å². The second-order valence-corrected chi connectivity index (χ2v) is 4.77. The Kier molecular flexibility index (Phi) is 3.97. The number of aromatic nitrogens is 3. The van der Waals surface area contributed by atoms with Crippen LogP contribution in [0.1, 0.15) is 27.2 Å². The van der Waals surface area contributed by atoms with Crippen LogP contribution in [0.25, 0.3) is 5.69 Å². The first-order valence-corrected chi connectivity index (χ1v) is 6.44. The molecule has 0 bridgehead atoms. The fourth-order valence-electron chi connectivity index (χ4n) is 1.99. The maximum absolute atomic E-state index is 4.11. The molecule has 0 radical (unpaired) electrons. The summed E-state index contributed by atoms with van der Waals surface area (Å²) in [4.78, 5) is 1.61. The average Bonchev–Trinajstić information content (AvgIpc) is 2.90. The van der Waals surface area contributed by atoms with Crippen LogP contribution in [0, 0.1) is 5.92 Å². The van der Waals surface area contributed by atoms with Gasteiger partial charge in [-0.2, -0.15) is 15.0 Å². The smallest absolute Gasteiger partial charge is 0.0858 e. The lowest BCUT2D eigenvalue weighted by Crippen LogP contribution is -2.24. The van der Waals surface area contributed by atoms with Crippen molar-refractivity contribution in [2.24, 2.45) is 5.92 Å². The standard InChI is InChI=1S/C14H20N4/c1-4-14(11(2)3)17-12-5-7-13(8-6-12)18-15-9-10-16-18/h5-11,14,17H,4H2,1-3H3. The van der Waals surface area contributed by atoms with Gasteiger partial charge in [-0.3, -0.25) is 0 Å². The molecule has 0 spiro atoms. The van der Waals surface area contributed by atoms with Crippen LogP contribution in [0.5, 0.6) is 0 Å². The van der Waals surface area contributed by atoms with Crippen molar-refractivity contribution in [3.05, 3.63) is 36.7 Å². The maximum atomic E-state index is 4.11. The van der Waals surface area contributed by atoms with Crippen LogP contribution >= 0.6 is 0 Å². The average molecular weight is 244 g/mol. The Hall–Kier alpha value is -1.84. The van der Waals surface area contributed by atoms with Gasteiger partial charge in [0.15, 0.2) is 0 Å². The number of anilines is 1. The van der Waals surface area contributed by atoms with Crippen LogP contribution in [-0.2, 0) is 0 Å². The number of benzene rings is 1. The van der Waals surface area contributed by atoms with E-state index in [2.05, 4.69) is 48.4 Å². The highest BCUT2D eigenvalue weighted by Crippen LogP contribution is 2.16. The zero-order chi connectivity index (χ0) is 13.0. The summed E-state index contributed by atoms with van der Waals surface area (Å²) in [6, 6.07) is 8.71. The molecule has 1 heterocycles. The van der Waals surface area contributed by atoms with Crippen molar-refractivity contribution >= 4 is 5.69 Å². The summed E-state index contributed by atoms with van der Waals surface area (Å²) in [6.45, 7) is 6.69. The van der Waals surface area contributed by atoms with Gasteiger partial charge in [0.1, 0.15) is 0 Å². The molecule has 18 heavy (non-hydrogen) atoms. The highest BCUT2D eigenvalue weighted by Gasteiger charge is 2.10. The molecule has 96 valence electrons. The number of rotatable bonds is 5. The Balaban J connectivity index is 2.08. The third-order valence-corrected chi connectivity index (χ3v) is 3.11. The molecule has 1 atom stereocenters.